The van der Waals surface area contributed by atoms with Crippen molar-refractivity contribution >= 4 is 15.7 Å². The number of nitro benzene ring substituents is 1. The zero-order valence-electron chi connectivity index (χ0n) is 13.0. The highest BCUT2D eigenvalue weighted by atomic mass is 32.2. The van der Waals surface area contributed by atoms with Crippen LogP contribution in [0, 0.1) is 10.1 Å². The molecule has 1 aliphatic heterocycles. The average Bonchev–Trinajstić information content (AvgIpc) is 2.54. The number of non-ortho nitro benzene ring substituents is 1. The first-order valence-electron chi connectivity index (χ1n) is 7.39. The molecule has 1 heterocycles. The van der Waals surface area contributed by atoms with Gasteiger partial charge in [0.25, 0.3) is 5.69 Å². The average molecular weight is 382 g/mol. The summed E-state index contributed by atoms with van der Waals surface area (Å²) >= 11 is 0. The van der Waals surface area contributed by atoms with Gasteiger partial charge in [-0.25, -0.2) is 13.1 Å². The van der Waals surface area contributed by atoms with Crippen molar-refractivity contribution < 1.29 is 26.5 Å². The van der Waals surface area contributed by atoms with Crippen LogP contribution in [0.1, 0.15) is 5.56 Å². The summed E-state index contributed by atoms with van der Waals surface area (Å²) in [6, 6.07) is 1.57. The summed E-state index contributed by atoms with van der Waals surface area (Å²) in [5.74, 6) is 0. The van der Waals surface area contributed by atoms with Crippen molar-refractivity contribution in [2.24, 2.45) is 0 Å². The fraction of sp³-hybridized carbons (Fsp3) is 0.538. The molecule has 0 bridgehead atoms. The molecule has 1 aromatic rings. The molecular weight excluding hydrogens is 365 g/mol. The van der Waals surface area contributed by atoms with Crippen LogP contribution in [0.25, 0.3) is 0 Å². The van der Waals surface area contributed by atoms with E-state index in [9.17, 15) is 31.7 Å². The van der Waals surface area contributed by atoms with E-state index in [4.69, 9.17) is 0 Å². The third kappa shape index (κ3) is 5.11. The van der Waals surface area contributed by atoms with Gasteiger partial charge < -0.3 is 5.32 Å². The highest BCUT2D eigenvalue weighted by Gasteiger charge is 2.38. The SMILES string of the molecule is O=[N+]([O-])c1ccc(S(=O)(=O)NCCN2CCNCC2)c(C(F)(F)F)c1. The maximum atomic E-state index is 13.1. The van der Waals surface area contributed by atoms with Crippen molar-refractivity contribution in [1.82, 2.24) is 14.9 Å². The molecule has 0 aromatic heterocycles. The minimum absolute atomic E-state index is 0.0589. The minimum atomic E-state index is -5.03. The molecule has 0 radical (unpaired) electrons. The summed E-state index contributed by atoms with van der Waals surface area (Å²) in [6.45, 7) is 3.24. The molecule has 0 unspecified atom stereocenters. The Morgan fingerprint density at radius 3 is 2.48 bits per heavy atom. The van der Waals surface area contributed by atoms with E-state index in [2.05, 4.69) is 10.0 Å². The number of hydrogen-bond donors (Lipinski definition) is 2. The van der Waals surface area contributed by atoms with Gasteiger partial charge in [0.1, 0.15) is 0 Å². The Labute approximate surface area is 142 Å². The molecule has 0 amide bonds. The molecule has 12 heteroatoms. The minimum Gasteiger partial charge on any atom is -0.314 e. The zero-order chi connectivity index (χ0) is 18.7. The third-order valence-corrected chi connectivity index (χ3v) is 5.22. The number of nitro groups is 1. The van der Waals surface area contributed by atoms with Gasteiger partial charge in [0.05, 0.1) is 15.4 Å². The number of piperazine rings is 1. The highest BCUT2D eigenvalue weighted by Crippen LogP contribution is 2.36. The lowest BCUT2D eigenvalue weighted by Gasteiger charge is -2.27. The van der Waals surface area contributed by atoms with Crippen molar-refractivity contribution in [3.05, 3.63) is 33.9 Å². The normalized spacial score (nSPS) is 16.8. The number of nitrogens with zero attached hydrogens (tertiary/aromatic N) is 2. The lowest BCUT2D eigenvalue weighted by Crippen LogP contribution is -2.46. The van der Waals surface area contributed by atoms with Crippen LogP contribution in [0.5, 0.6) is 0 Å². The number of nitrogens with one attached hydrogen (secondary N) is 2. The van der Waals surface area contributed by atoms with E-state index < -0.39 is 37.3 Å². The summed E-state index contributed by atoms with van der Waals surface area (Å²) in [5.41, 5.74) is -2.39. The van der Waals surface area contributed by atoms with Gasteiger partial charge in [-0.2, -0.15) is 13.2 Å². The smallest absolute Gasteiger partial charge is 0.314 e. The van der Waals surface area contributed by atoms with Gasteiger partial charge in [-0.1, -0.05) is 0 Å². The first-order chi connectivity index (χ1) is 11.6. The van der Waals surface area contributed by atoms with Crippen LogP contribution in [-0.4, -0.2) is 57.5 Å². The number of sulfonamides is 1. The molecule has 1 saturated heterocycles. The molecule has 0 saturated carbocycles. The third-order valence-electron chi connectivity index (χ3n) is 3.70. The largest absolute Gasteiger partial charge is 0.417 e. The molecule has 0 spiro atoms. The van der Waals surface area contributed by atoms with Crippen LogP contribution < -0.4 is 10.0 Å². The lowest BCUT2D eigenvalue weighted by atomic mass is 10.2. The number of hydrogen-bond acceptors (Lipinski definition) is 6. The van der Waals surface area contributed by atoms with Crippen molar-refractivity contribution in [2.75, 3.05) is 39.3 Å². The van der Waals surface area contributed by atoms with E-state index in [-0.39, 0.29) is 12.6 Å². The summed E-state index contributed by atoms with van der Waals surface area (Å²) < 4.78 is 65.9. The lowest BCUT2D eigenvalue weighted by molar-refractivity contribution is -0.385. The second-order valence-electron chi connectivity index (χ2n) is 5.42. The van der Waals surface area contributed by atoms with E-state index in [0.717, 1.165) is 19.2 Å². The molecule has 0 atom stereocenters. The van der Waals surface area contributed by atoms with Gasteiger partial charge in [-0.15, -0.1) is 0 Å². The van der Waals surface area contributed by atoms with Gasteiger partial charge in [-0.05, 0) is 6.07 Å². The number of rotatable bonds is 6. The van der Waals surface area contributed by atoms with Crippen LogP contribution in [0.4, 0.5) is 18.9 Å². The molecule has 1 aromatic carbocycles. The standard InChI is InChI=1S/C13H17F3N4O4S/c14-13(15,16)11-9-10(20(21)22)1-2-12(11)25(23,24)18-5-8-19-6-3-17-4-7-19/h1-2,9,17-18H,3-8H2. The van der Waals surface area contributed by atoms with Crippen LogP contribution in [0.15, 0.2) is 23.1 Å². The molecular formula is C13H17F3N4O4S. The Balaban J connectivity index is 2.18. The topological polar surface area (TPSA) is 105 Å². The molecule has 2 N–H and O–H groups in total. The van der Waals surface area contributed by atoms with Crippen LogP contribution >= 0.6 is 0 Å². The monoisotopic (exact) mass is 382 g/mol. The van der Waals surface area contributed by atoms with Crippen LogP contribution in [0.3, 0.4) is 0 Å². The van der Waals surface area contributed by atoms with Crippen molar-refractivity contribution in [1.29, 1.82) is 0 Å². The fourth-order valence-corrected chi connectivity index (χ4v) is 3.66. The first kappa shape index (κ1) is 19.6. The summed E-state index contributed by atoms with van der Waals surface area (Å²) in [7, 11) is -4.45. The maximum Gasteiger partial charge on any atom is 0.417 e. The molecule has 1 aliphatic rings. The predicted octanol–water partition coefficient (Wildman–Crippen LogP) is 0.797. The Kier molecular flexibility index (Phi) is 5.98. The van der Waals surface area contributed by atoms with E-state index in [1.54, 1.807) is 0 Å². The van der Waals surface area contributed by atoms with E-state index in [0.29, 0.717) is 25.7 Å². The fourth-order valence-electron chi connectivity index (χ4n) is 2.44. The number of benzene rings is 1. The molecule has 8 nitrogen and oxygen atoms in total. The van der Waals surface area contributed by atoms with Gasteiger partial charge in [0.15, 0.2) is 0 Å². The van der Waals surface area contributed by atoms with Crippen LogP contribution in [0.2, 0.25) is 0 Å². The van der Waals surface area contributed by atoms with Gasteiger partial charge in [0.2, 0.25) is 10.0 Å². The number of halogens is 3. The molecule has 25 heavy (non-hydrogen) atoms. The van der Waals surface area contributed by atoms with Gasteiger partial charge in [0, 0.05) is 51.4 Å². The van der Waals surface area contributed by atoms with E-state index in [1.807, 2.05) is 4.90 Å². The Morgan fingerprint density at radius 1 is 1.28 bits per heavy atom. The second kappa shape index (κ2) is 7.64. The molecule has 1 fully saturated rings. The Bertz CT molecular complexity index is 733. The van der Waals surface area contributed by atoms with Crippen molar-refractivity contribution in [3.8, 4) is 0 Å². The first-order valence-corrected chi connectivity index (χ1v) is 8.88. The van der Waals surface area contributed by atoms with Crippen molar-refractivity contribution in [3.63, 3.8) is 0 Å². The zero-order valence-corrected chi connectivity index (χ0v) is 13.9. The Morgan fingerprint density at radius 2 is 1.92 bits per heavy atom. The van der Waals surface area contributed by atoms with Crippen LogP contribution in [-0.2, 0) is 16.2 Å². The van der Waals surface area contributed by atoms with Gasteiger partial charge in [-0.3, -0.25) is 15.0 Å². The van der Waals surface area contributed by atoms with E-state index >= 15 is 0 Å². The molecule has 140 valence electrons. The highest BCUT2D eigenvalue weighted by molar-refractivity contribution is 7.89. The van der Waals surface area contributed by atoms with E-state index in [1.165, 1.54) is 0 Å². The number of alkyl halides is 3. The quantitative estimate of drug-likeness (QED) is 0.557. The molecule has 0 aliphatic carbocycles. The summed E-state index contributed by atoms with van der Waals surface area (Å²) in [6.07, 6.45) is -5.03. The predicted molar refractivity (Wildman–Crippen MR) is 82.6 cm³/mol. The Hall–Kier alpha value is -1.76. The molecule has 2 rings (SSSR count). The van der Waals surface area contributed by atoms with Crippen molar-refractivity contribution in [2.45, 2.75) is 11.1 Å². The van der Waals surface area contributed by atoms with Gasteiger partial charge >= 0.3 is 6.18 Å². The second-order valence-corrected chi connectivity index (χ2v) is 7.16. The maximum absolute atomic E-state index is 13.1. The summed E-state index contributed by atoms with van der Waals surface area (Å²) in [4.78, 5) is 10.6. The summed E-state index contributed by atoms with van der Waals surface area (Å²) in [5, 5.41) is 13.8.